The molecule has 2 aromatic rings. The van der Waals surface area contributed by atoms with Crippen LogP contribution in [0, 0.1) is 13.5 Å². The van der Waals surface area contributed by atoms with Crippen LogP contribution in [0.5, 0.6) is 0 Å². The lowest BCUT2D eigenvalue weighted by Crippen LogP contribution is -1.93. The molecular weight excluding hydrogens is 184 g/mol. The first kappa shape index (κ1) is 9.67. The van der Waals surface area contributed by atoms with Gasteiger partial charge in [0.05, 0.1) is 11.9 Å². The smallest absolute Gasteiger partial charge is 0.220 e. The Morgan fingerprint density at radius 3 is 2.93 bits per heavy atom. The summed E-state index contributed by atoms with van der Waals surface area (Å²) in [4.78, 5) is 7.91. The monoisotopic (exact) mass is 196 g/mol. The van der Waals surface area contributed by atoms with Crippen molar-refractivity contribution in [3.8, 4) is 0 Å². The summed E-state index contributed by atoms with van der Waals surface area (Å²) >= 11 is 0. The Morgan fingerprint density at radius 1 is 1.27 bits per heavy atom. The first-order valence-corrected chi connectivity index (χ1v) is 5.00. The number of fused-ring (bicyclic) bond motifs is 1. The number of hydrogen-bond donors (Lipinski definition) is 0. The molecule has 0 atom stereocenters. The molecule has 0 spiro atoms. The largest absolute Gasteiger partial charge is 0.317 e. The second-order valence-electron chi connectivity index (χ2n) is 3.58. The van der Waals surface area contributed by atoms with E-state index in [1.165, 1.54) is 10.9 Å². The molecule has 15 heavy (non-hydrogen) atoms. The van der Waals surface area contributed by atoms with Crippen LogP contribution in [-0.4, -0.2) is 11.5 Å². The molecule has 0 unspecified atom stereocenters. The summed E-state index contributed by atoms with van der Waals surface area (Å²) in [7, 11) is 0. The number of aryl methyl sites for hydroxylation is 1. The van der Waals surface area contributed by atoms with Gasteiger partial charge in [-0.3, -0.25) is 4.98 Å². The maximum Gasteiger partial charge on any atom is 0.220 e. The minimum Gasteiger partial charge on any atom is -0.317 e. The molecule has 2 rings (SSSR count). The lowest BCUT2D eigenvalue weighted by molar-refractivity contribution is 1.01. The zero-order valence-corrected chi connectivity index (χ0v) is 8.70. The van der Waals surface area contributed by atoms with Gasteiger partial charge in [0.2, 0.25) is 6.54 Å². The lowest BCUT2D eigenvalue weighted by atomic mass is 10.1. The minimum atomic E-state index is 0.518. The van der Waals surface area contributed by atoms with Crippen molar-refractivity contribution in [2.24, 2.45) is 0 Å². The van der Waals surface area contributed by atoms with Gasteiger partial charge in [-0.05, 0) is 18.6 Å². The van der Waals surface area contributed by atoms with E-state index >= 15 is 0 Å². The second kappa shape index (κ2) is 4.10. The number of benzene rings is 1. The summed E-state index contributed by atoms with van der Waals surface area (Å²) in [6, 6.07) is 10.3. The van der Waals surface area contributed by atoms with Crippen molar-refractivity contribution >= 4 is 10.9 Å². The third kappa shape index (κ3) is 1.97. The molecule has 0 bridgehead atoms. The van der Waals surface area contributed by atoms with Gasteiger partial charge >= 0.3 is 0 Å². The van der Waals surface area contributed by atoms with Crippen LogP contribution in [-0.2, 0) is 6.42 Å². The highest BCUT2D eigenvalue weighted by molar-refractivity contribution is 5.81. The average molecular weight is 196 g/mol. The molecule has 0 saturated carbocycles. The maximum atomic E-state index is 6.75. The van der Waals surface area contributed by atoms with Gasteiger partial charge in [0.1, 0.15) is 0 Å². The highest BCUT2D eigenvalue weighted by Crippen LogP contribution is 2.16. The molecule has 0 aliphatic rings. The third-order valence-corrected chi connectivity index (χ3v) is 2.46. The van der Waals surface area contributed by atoms with Crippen molar-refractivity contribution in [3.63, 3.8) is 0 Å². The topological polar surface area (TPSA) is 17.2 Å². The summed E-state index contributed by atoms with van der Waals surface area (Å²) in [6.07, 6.45) is 0.744. The van der Waals surface area contributed by atoms with Crippen molar-refractivity contribution in [2.45, 2.75) is 13.3 Å². The van der Waals surface area contributed by atoms with Gasteiger partial charge in [-0.1, -0.05) is 24.3 Å². The van der Waals surface area contributed by atoms with Gasteiger partial charge in [-0.25, -0.2) is 6.57 Å². The van der Waals surface area contributed by atoms with E-state index in [9.17, 15) is 0 Å². The molecule has 0 aliphatic carbocycles. The zero-order chi connectivity index (χ0) is 10.7. The van der Waals surface area contributed by atoms with Crippen molar-refractivity contribution < 1.29 is 0 Å². The van der Waals surface area contributed by atoms with Gasteiger partial charge in [0.15, 0.2) is 0 Å². The Hall–Kier alpha value is -1.88. The van der Waals surface area contributed by atoms with Crippen LogP contribution in [0.3, 0.4) is 0 Å². The van der Waals surface area contributed by atoms with E-state index < -0.39 is 0 Å². The minimum absolute atomic E-state index is 0.518. The van der Waals surface area contributed by atoms with Crippen molar-refractivity contribution in [3.05, 3.63) is 53.0 Å². The summed E-state index contributed by atoms with van der Waals surface area (Å²) in [5.41, 5.74) is 3.25. The molecule has 1 aromatic heterocycles. The Kier molecular flexibility index (Phi) is 2.64. The van der Waals surface area contributed by atoms with E-state index in [2.05, 4.69) is 35.0 Å². The van der Waals surface area contributed by atoms with Crippen LogP contribution in [0.2, 0.25) is 0 Å². The van der Waals surface area contributed by atoms with Gasteiger partial charge < -0.3 is 4.85 Å². The molecule has 74 valence electrons. The maximum absolute atomic E-state index is 6.75. The SMILES string of the molecule is [C-]#[N+]CCc1ccc2cccc(C)c2n1. The molecule has 0 saturated heterocycles. The number of aromatic nitrogens is 1. The summed E-state index contributed by atoms with van der Waals surface area (Å²) in [6.45, 7) is 9.34. The number of hydrogen-bond acceptors (Lipinski definition) is 1. The number of nitrogens with zero attached hydrogens (tertiary/aromatic N) is 2. The Bertz CT molecular complexity index is 524. The first-order valence-electron chi connectivity index (χ1n) is 5.00. The summed E-state index contributed by atoms with van der Waals surface area (Å²) in [5, 5.41) is 1.17. The van der Waals surface area contributed by atoms with Crippen LogP contribution in [0.15, 0.2) is 30.3 Å². The fourth-order valence-corrected chi connectivity index (χ4v) is 1.65. The quantitative estimate of drug-likeness (QED) is 0.675. The highest BCUT2D eigenvalue weighted by atomic mass is 14.7. The molecule has 0 radical (unpaired) electrons. The Balaban J connectivity index is 2.46. The van der Waals surface area contributed by atoms with E-state index in [0.717, 1.165) is 17.6 Å². The average Bonchev–Trinajstić information content (AvgIpc) is 2.27. The summed E-state index contributed by atoms with van der Waals surface area (Å²) in [5.74, 6) is 0. The fourth-order valence-electron chi connectivity index (χ4n) is 1.65. The zero-order valence-electron chi connectivity index (χ0n) is 8.70. The first-order chi connectivity index (χ1) is 7.31. The van der Waals surface area contributed by atoms with Crippen LogP contribution in [0.25, 0.3) is 15.7 Å². The Morgan fingerprint density at radius 2 is 2.13 bits per heavy atom. The number of pyridine rings is 1. The predicted molar refractivity (Wildman–Crippen MR) is 61.7 cm³/mol. The standard InChI is InChI=1S/C13H12N2/c1-10-4-3-5-11-6-7-12(8-9-14-2)15-13(10)11/h3-7H,8-9H2,1H3. The fraction of sp³-hybridized carbons (Fsp3) is 0.231. The molecule has 2 heteroatoms. The van der Waals surface area contributed by atoms with Crippen LogP contribution >= 0.6 is 0 Å². The van der Waals surface area contributed by atoms with E-state index in [1.54, 1.807) is 0 Å². The molecule has 1 heterocycles. The van der Waals surface area contributed by atoms with E-state index in [4.69, 9.17) is 6.57 Å². The van der Waals surface area contributed by atoms with Crippen molar-refractivity contribution in [1.29, 1.82) is 0 Å². The van der Waals surface area contributed by atoms with Crippen LogP contribution in [0.1, 0.15) is 11.3 Å². The molecule has 0 fully saturated rings. The van der Waals surface area contributed by atoms with Gasteiger partial charge in [-0.15, -0.1) is 0 Å². The molecule has 0 N–H and O–H groups in total. The van der Waals surface area contributed by atoms with Crippen LogP contribution < -0.4 is 0 Å². The highest BCUT2D eigenvalue weighted by Gasteiger charge is 2.01. The van der Waals surface area contributed by atoms with E-state index in [0.29, 0.717) is 6.54 Å². The van der Waals surface area contributed by atoms with E-state index in [1.807, 2.05) is 12.1 Å². The molecule has 1 aromatic carbocycles. The van der Waals surface area contributed by atoms with Gasteiger partial charge in [-0.2, -0.15) is 0 Å². The summed E-state index contributed by atoms with van der Waals surface area (Å²) < 4.78 is 0. The van der Waals surface area contributed by atoms with Crippen molar-refractivity contribution in [1.82, 2.24) is 4.98 Å². The molecular formula is C13H12N2. The van der Waals surface area contributed by atoms with Gasteiger partial charge in [0.25, 0.3) is 0 Å². The van der Waals surface area contributed by atoms with Crippen LogP contribution in [0.4, 0.5) is 0 Å². The normalized spacial score (nSPS) is 10.1. The van der Waals surface area contributed by atoms with Gasteiger partial charge in [0, 0.05) is 11.1 Å². The van der Waals surface area contributed by atoms with E-state index in [-0.39, 0.29) is 0 Å². The number of para-hydroxylation sites is 1. The third-order valence-electron chi connectivity index (χ3n) is 2.46. The predicted octanol–water partition coefficient (Wildman–Crippen LogP) is 3.01. The second-order valence-corrected chi connectivity index (χ2v) is 3.58. The number of rotatable bonds is 2. The Labute approximate surface area is 89.4 Å². The lowest BCUT2D eigenvalue weighted by Gasteiger charge is -2.02. The molecule has 2 nitrogen and oxygen atoms in total. The van der Waals surface area contributed by atoms with Crippen molar-refractivity contribution in [2.75, 3.05) is 6.54 Å². The molecule has 0 aliphatic heterocycles. The molecule has 0 amide bonds.